The van der Waals surface area contributed by atoms with Gasteiger partial charge in [0, 0.05) is 25.0 Å². The third-order valence-corrected chi connectivity index (χ3v) is 3.39. The van der Waals surface area contributed by atoms with E-state index >= 15 is 0 Å². The minimum Gasteiger partial charge on any atom is -0.377 e. The highest BCUT2D eigenvalue weighted by atomic mass is 35.5. The van der Waals surface area contributed by atoms with Gasteiger partial charge in [-0.1, -0.05) is 13.3 Å². The van der Waals surface area contributed by atoms with E-state index in [2.05, 4.69) is 18.7 Å². The Kier molecular flexibility index (Phi) is 6.62. The van der Waals surface area contributed by atoms with Gasteiger partial charge in [0.25, 0.3) is 0 Å². The van der Waals surface area contributed by atoms with E-state index in [4.69, 9.17) is 16.3 Å². The molecule has 0 bridgehead atoms. The summed E-state index contributed by atoms with van der Waals surface area (Å²) >= 11 is 5.61. The van der Waals surface area contributed by atoms with Crippen LogP contribution in [0.2, 0.25) is 0 Å². The van der Waals surface area contributed by atoms with Crippen molar-refractivity contribution < 1.29 is 4.74 Å². The fourth-order valence-corrected chi connectivity index (χ4v) is 2.38. The Morgan fingerprint density at radius 1 is 1.40 bits per heavy atom. The first-order valence-electron chi connectivity index (χ1n) is 6.19. The number of likely N-dealkylation sites (tertiary alicyclic amines) is 1. The van der Waals surface area contributed by atoms with Gasteiger partial charge in [-0.3, -0.25) is 0 Å². The smallest absolute Gasteiger partial charge is 0.0605 e. The Morgan fingerprint density at radius 3 is 2.60 bits per heavy atom. The normalized spacial score (nSPS) is 21.8. The van der Waals surface area contributed by atoms with Gasteiger partial charge >= 0.3 is 0 Å². The van der Waals surface area contributed by atoms with Gasteiger partial charge in [0.1, 0.15) is 0 Å². The minimum atomic E-state index is 0.453. The molecule has 1 aliphatic heterocycles. The number of hydrogen-bond acceptors (Lipinski definition) is 2. The molecule has 0 aromatic rings. The van der Waals surface area contributed by atoms with Gasteiger partial charge in [-0.15, -0.1) is 11.6 Å². The van der Waals surface area contributed by atoms with Crippen molar-refractivity contribution in [2.45, 2.75) is 51.7 Å². The van der Waals surface area contributed by atoms with Crippen LogP contribution in [0.4, 0.5) is 0 Å². The zero-order chi connectivity index (χ0) is 11.1. The molecule has 15 heavy (non-hydrogen) atoms. The highest BCUT2D eigenvalue weighted by Gasteiger charge is 2.22. The minimum absolute atomic E-state index is 0.453. The van der Waals surface area contributed by atoms with E-state index in [0.29, 0.717) is 18.6 Å². The second-order valence-corrected chi connectivity index (χ2v) is 4.81. The van der Waals surface area contributed by atoms with E-state index in [1.807, 2.05) is 0 Å². The molecule has 1 aliphatic rings. The molecular weight excluding hydrogens is 210 g/mol. The highest BCUT2D eigenvalue weighted by Crippen LogP contribution is 2.17. The summed E-state index contributed by atoms with van der Waals surface area (Å²) in [6, 6.07) is 0.740. The Balaban J connectivity index is 2.17. The van der Waals surface area contributed by atoms with Crippen molar-refractivity contribution >= 4 is 11.6 Å². The average Bonchev–Trinajstić information content (AvgIpc) is 2.27. The zero-order valence-corrected chi connectivity index (χ0v) is 10.8. The molecule has 1 unspecified atom stereocenters. The summed E-state index contributed by atoms with van der Waals surface area (Å²) in [6.45, 7) is 7.68. The van der Waals surface area contributed by atoms with E-state index < -0.39 is 0 Å². The quantitative estimate of drug-likeness (QED) is 0.655. The van der Waals surface area contributed by atoms with E-state index in [0.717, 1.165) is 6.04 Å². The van der Waals surface area contributed by atoms with Crippen molar-refractivity contribution in [1.29, 1.82) is 0 Å². The summed E-state index contributed by atoms with van der Waals surface area (Å²) in [6.07, 6.45) is 5.39. The van der Waals surface area contributed by atoms with Gasteiger partial charge in [-0.25, -0.2) is 0 Å². The number of ether oxygens (including phenoxy) is 1. The molecule has 0 radical (unpaired) electrons. The zero-order valence-electron chi connectivity index (χ0n) is 10.0. The van der Waals surface area contributed by atoms with E-state index in [1.165, 1.54) is 38.8 Å². The van der Waals surface area contributed by atoms with Crippen LogP contribution < -0.4 is 0 Å². The van der Waals surface area contributed by atoms with Gasteiger partial charge < -0.3 is 9.64 Å². The highest BCUT2D eigenvalue weighted by molar-refractivity contribution is 6.17. The number of hydrogen-bond donors (Lipinski definition) is 0. The number of piperidine rings is 1. The van der Waals surface area contributed by atoms with Crippen LogP contribution in [0.15, 0.2) is 0 Å². The topological polar surface area (TPSA) is 12.5 Å². The van der Waals surface area contributed by atoms with Crippen molar-refractivity contribution in [3.63, 3.8) is 0 Å². The number of nitrogens with zero attached hydrogens (tertiary/aromatic N) is 1. The van der Waals surface area contributed by atoms with E-state index in [9.17, 15) is 0 Å². The van der Waals surface area contributed by atoms with Crippen LogP contribution in [0.5, 0.6) is 0 Å². The van der Waals surface area contributed by atoms with E-state index in [-0.39, 0.29) is 0 Å². The number of alkyl halides is 1. The van der Waals surface area contributed by atoms with Crippen LogP contribution in [0.3, 0.4) is 0 Å². The van der Waals surface area contributed by atoms with Crippen LogP contribution in [-0.4, -0.2) is 42.6 Å². The lowest BCUT2D eigenvalue weighted by molar-refractivity contribution is 0.00582. The van der Waals surface area contributed by atoms with Gasteiger partial charge in [-0.05, 0) is 26.2 Å². The molecule has 0 N–H and O–H groups in total. The standard InChI is InChI=1S/C12H24ClNO/c1-3-4-11(2)14-8-5-12(6-9-14)15-10-7-13/h11-12H,3-10H2,1-2H3. The summed E-state index contributed by atoms with van der Waals surface area (Å²) in [5.41, 5.74) is 0. The maximum absolute atomic E-state index is 5.66. The number of halogens is 1. The predicted molar refractivity (Wildman–Crippen MR) is 65.6 cm³/mol. The second-order valence-electron chi connectivity index (χ2n) is 4.43. The van der Waals surface area contributed by atoms with Crippen molar-refractivity contribution in [2.75, 3.05) is 25.6 Å². The first-order chi connectivity index (χ1) is 7.27. The van der Waals surface area contributed by atoms with E-state index in [1.54, 1.807) is 0 Å². The van der Waals surface area contributed by atoms with Gasteiger partial charge in [0.05, 0.1) is 12.7 Å². The summed E-state index contributed by atoms with van der Waals surface area (Å²) < 4.78 is 5.66. The Hall–Kier alpha value is 0.210. The van der Waals surface area contributed by atoms with Crippen LogP contribution in [0, 0.1) is 0 Å². The summed E-state index contributed by atoms with van der Waals surface area (Å²) in [5, 5.41) is 0. The van der Waals surface area contributed by atoms with Crippen LogP contribution >= 0.6 is 11.6 Å². The Morgan fingerprint density at radius 2 is 2.07 bits per heavy atom. The molecule has 1 saturated heterocycles. The fourth-order valence-electron chi connectivity index (χ4n) is 2.29. The van der Waals surface area contributed by atoms with Crippen molar-refractivity contribution in [3.8, 4) is 0 Å². The summed E-state index contributed by atoms with van der Waals surface area (Å²) in [5.74, 6) is 0.618. The molecule has 0 aromatic heterocycles. The molecule has 0 aliphatic carbocycles. The number of rotatable bonds is 6. The van der Waals surface area contributed by atoms with Crippen LogP contribution in [0.25, 0.3) is 0 Å². The van der Waals surface area contributed by atoms with Gasteiger partial charge in [0.15, 0.2) is 0 Å². The molecule has 90 valence electrons. The van der Waals surface area contributed by atoms with Crippen molar-refractivity contribution in [2.24, 2.45) is 0 Å². The lowest BCUT2D eigenvalue weighted by atomic mass is 10.0. The molecule has 0 spiro atoms. The molecule has 1 fully saturated rings. The summed E-state index contributed by atoms with van der Waals surface area (Å²) in [7, 11) is 0. The first-order valence-corrected chi connectivity index (χ1v) is 6.73. The third kappa shape index (κ3) is 4.71. The van der Waals surface area contributed by atoms with Crippen molar-refractivity contribution in [1.82, 2.24) is 4.90 Å². The average molecular weight is 234 g/mol. The largest absolute Gasteiger partial charge is 0.377 e. The fraction of sp³-hybridized carbons (Fsp3) is 1.00. The van der Waals surface area contributed by atoms with Gasteiger partial charge in [-0.2, -0.15) is 0 Å². The predicted octanol–water partition coefficient (Wildman–Crippen LogP) is 2.89. The molecule has 1 atom stereocenters. The monoisotopic (exact) mass is 233 g/mol. The maximum Gasteiger partial charge on any atom is 0.0605 e. The molecule has 2 nitrogen and oxygen atoms in total. The Labute approximate surface area is 98.9 Å². The lowest BCUT2D eigenvalue weighted by Gasteiger charge is -2.35. The maximum atomic E-state index is 5.66. The molecule has 0 amide bonds. The van der Waals surface area contributed by atoms with Crippen molar-refractivity contribution in [3.05, 3.63) is 0 Å². The molecule has 1 heterocycles. The molecule has 1 rings (SSSR count). The third-order valence-electron chi connectivity index (χ3n) is 3.24. The van der Waals surface area contributed by atoms with Crippen LogP contribution in [0.1, 0.15) is 39.5 Å². The molecule has 0 saturated carbocycles. The Bertz CT molecular complexity index is 158. The molecule has 3 heteroatoms. The lowest BCUT2D eigenvalue weighted by Crippen LogP contribution is -2.42. The second kappa shape index (κ2) is 7.48. The first kappa shape index (κ1) is 13.3. The van der Waals surface area contributed by atoms with Gasteiger partial charge in [0.2, 0.25) is 0 Å². The SMILES string of the molecule is CCCC(C)N1CCC(OCCCl)CC1. The molecule has 0 aromatic carbocycles. The summed E-state index contributed by atoms with van der Waals surface area (Å²) in [4.78, 5) is 2.59. The molecular formula is C12H24ClNO. The van der Waals surface area contributed by atoms with Crippen LogP contribution in [-0.2, 0) is 4.74 Å².